The molecule has 0 bridgehead atoms. The third kappa shape index (κ3) is 11.8. The minimum atomic E-state index is 0.692. The largest absolute Gasteiger partial charge is 0.356 e. The molecular weight excluding hydrogens is 673 g/mol. The van der Waals surface area contributed by atoms with E-state index in [0.717, 1.165) is 48.1 Å². The average molecular weight is 729 g/mol. The first-order chi connectivity index (χ1) is 25.4. The third-order valence-electron chi connectivity index (χ3n) is 8.73. The molecule has 0 aliphatic heterocycles. The molecule has 0 aliphatic carbocycles. The van der Waals surface area contributed by atoms with E-state index in [9.17, 15) is 0 Å². The van der Waals surface area contributed by atoms with Crippen molar-refractivity contribution in [3.63, 3.8) is 0 Å². The minimum absolute atomic E-state index is 0.692. The lowest BCUT2D eigenvalue weighted by Gasteiger charge is -2.04. The highest BCUT2D eigenvalue weighted by molar-refractivity contribution is 7.13. The number of aromatic amines is 1. The van der Waals surface area contributed by atoms with Crippen LogP contribution < -0.4 is 0 Å². The standard InChI is InChI=1S/C12H16N2.C11H14N2.C11H13NO.C11H13NS/c1-9(2)6-10-4-5-12-11(7-10)8-13-14(12)3;3*1-8(2)5-9-3-4-11-10(6-9)7-12-13-11/h4-5,7-9H,6H2,1-3H3;3-4,6-8H,5H2,1-2H3,(H,12,13);2*3-4,6-8H,5H2,1-2H3. The summed E-state index contributed by atoms with van der Waals surface area (Å²) in [5.74, 6) is 2.84. The first kappa shape index (κ1) is 39.4. The molecule has 0 fully saturated rings. The molecule has 1 N–H and O–H groups in total. The highest BCUT2D eigenvalue weighted by Crippen LogP contribution is 2.21. The third-order valence-corrected chi connectivity index (χ3v) is 9.50. The molecule has 0 spiro atoms. The van der Waals surface area contributed by atoms with Gasteiger partial charge in [0.05, 0.1) is 34.3 Å². The van der Waals surface area contributed by atoms with E-state index >= 15 is 0 Å². The van der Waals surface area contributed by atoms with Gasteiger partial charge in [-0.15, -0.1) is 0 Å². The van der Waals surface area contributed by atoms with E-state index < -0.39 is 0 Å². The van der Waals surface area contributed by atoms with Gasteiger partial charge < -0.3 is 4.52 Å². The summed E-state index contributed by atoms with van der Waals surface area (Å²) < 4.78 is 12.4. The van der Waals surface area contributed by atoms with Crippen LogP contribution in [0.25, 0.3) is 42.9 Å². The highest BCUT2D eigenvalue weighted by atomic mass is 32.1. The van der Waals surface area contributed by atoms with Gasteiger partial charge in [-0.3, -0.25) is 9.78 Å². The van der Waals surface area contributed by atoms with E-state index in [1.807, 2.05) is 36.4 Å². The molecule has 0 amide bonds. The summed E-state index contributed by atoms with van der Waals surface area (Å²) >= 11 is 1.56. The van der Waals surface area contributed by atoms with Crippen molar-refractivity contribution in [1.82, 2.24) is 29.5 Å². The van der Waals surface area contributed by atoms with E-state index in [4.69, 9.17) is 4.52 Å². The van der Waals surface area contributed by atoms with Crippen LogP contribution in [0.4, 0.5) is 0 Å². The van der Waals surface area contributed by atoms with Gasteiger partial charge in [-0.1, -0.05) is 84.8 Å². The number of hydrogen-bond donors (Lipinski definition) is 1. The second-order valence-electron chi connectivity index (χ2n) is 15.7. The number of aromatic nitrogens is 6. The summed E-state index contributed by atoms with van der Waals surface area (Å²) in [6.45, 7) is 17.9. The van der Waals surface area contributed by atoms with Gasteiger partial charge in [-0.2, -0.15) is 14.6 Å². The van der Waals surface area contributed by atoms with Gasteiger partial charge in [0.2, 0.25) is 0 Å². The van der Waals surface area contributed by atoms with E-state index in [1.165, 1.54) is 48.6 Å². The number of aryl methyl sites for hydroxylation is 1. The molecule has 53 heavy (non-hydrogen) atoms. The van der Waals surface area contributed by atoms with Crippen LogP contribution in [0.1, 0.15) is 77.6 Å². The van der Waals surface area contributed by atoms with Gasteiger partial charge in [-0.25, -0.2) is 0 Å². The molecule has 4 aromatic carbocycles. The van der Waals surface area contributed by atoms with Crippen molar-refractivity contribution in [2.45, 2.75) is 81.1 Å². The lowest BCUT2D eigenvalue weighted by atomic mass is 10.0. The summed E-state index contributed by atoms with van der Waals surface area (Å²) in [4.78, 5) is 0. The molecule has 0 radical (unpaired) electrons. The summed E-state index contributed by atoms with van der Waals surface area (Å²) in [5, 5.41) is 19.8. The molecule has 8 aromatic rings. The van der Waals surface area contributed by atoms with Crippen LogP contribution in [0.15, 0.2) is 102 Å². The number of nitrogens with zero attached hydrogens (tertiary/aromatic N) is 5. The number of hydrogen-bond acceptors (Lipinski definition) is 6. The van der Waals surface area contributed by atoms with Crippen molar-refractivity contribution in [3.8, 4) is 0 Å². The summed E-state index contributed by atoms with van der Waals surface area (Å²) in [6, 6.07) is 25.9. The molecule has 4 heterocycles. The fourth-order valence-electron chi connectivity index (χ4n) is 6.44. The molecule has 0 saturated heterocycles. The summed E-state index contributed by atoms with van der Waals surface area (Å²) in [6.07, 6.45) is 12.1. The molecule has 0 atom stereocenters. The van der Waals surface area contributed by atoms with Crippen molar-refractivity contribution >= 4 is 54.4 Å². The van der Waals surface area contributed by atoms with Crippen molar-refractivity contribution < 1.29 is 4.52 Å². The molecule has 0 unspecified atom stereocenters. The quantitative estimate of drug-likeness (QED) is 0.168. The molecule has 278 valence electrons. The molecule has 4 aromatic heterocycles. The fourth-order valence-corrected chi connectivity index (χ4v) is 7.07. The summed E-state index contributed by atoms with van der Waals surface area (Å²) in [7, 11) is 1.98. The molecule has 8 rings (SSSR count). The lowest BCUT2D eigenvalue weighted by molar-refractivity contribution is 0.456. The van der Waals surface area contributed by atoms with Crippen molar-refractivity contribution in [3.05, 3.63) is 120 Å². The smallest absolute Gasteiger partial charge is 0.166 e. The molecule has 7 nitrogen and oxygen atoms in total. The van der Waals surface area contributed by atoms with E-state index in [1.54, 1.807) is 17.7 Å². The zero-order valence-corrected chi connectivity index (χ0v) is 33.7. The van der Waals surface area contributed by atoms with Gasteiger partial charge in [0.1, 0.15) is 0 Å². The van der Waals surface area contributed by atoms with E-state index in [2.05, 4.69) is 147 Å². The van der Waals surface area contributed by atoms with Crippen molar-refractivity contribution in [2.24, 2.45) is 30.7 Å². The van der Waals surface area contributed by atoms with Gasteiger partial charge in [0, 0.05) is 34.8 Å². The number of fused-ring (bicyclic) bond motifs is 4. The van der Waals surface area contributed by atoms with Crippen LogP contribution in [0.3, 0.4) is 0 Å². The normalized spacial score (nSPS) is 11.3. The maximum Gasteiger partial charge on any atom is 0.166 e. The first-order valence-electron chi connectivity index (χ1n) is 18.9. The second kappa shape index (κ2) is 18.8. The topological polar surface area (TPSA) is 85.4 Å². The Hall–Kier alpha value is -4.82. The van der Waals surface area contributed by atoms with Crippen LogP contribution in [0.5, 0.6) is 0 Å². The lowest BCUT2D eigenvalue weighted by Crippen LogP contribution is -1.94. The van der Waals surface area contributed by atoms with E-state index in [0.29, 0.717) is 17.8 Å². The molecule has 0 aliphatic rings. The predicted octanol–water partition coefficient (Wildman–Crippen LogP) is 12.1. The highest BCUT2D eigenvalue weighted by Gasteiger charge is 2.04. The Morgan fingerprint density at radius 3 is 1.77 bits per heavy atom. The Morgan fingerprint density at radius 2 is 1.13 bits per heavy atom. The Kier molecular flexibility index (Phi) is 14.0. The Labute approximate surface area is 319 Å². The molecule has 8 heteroatoms. The zero-order valence-electron chi connectivity index (χ0n) is 32.9. The molecule has 0 saturated carbocycles. The van der Waals surface area contributed by atoms with Crippen molar-refractivity contribution in [1.29, 1.82) is 0 Å². The van der Waals surface area contributed by atoms with Crippen LogP contribution in [-0.4, -0.2) is 29.5 Å². The van der Waals surface area contributed by atoms with Crippen molar-refractivity contribution in [2.75, 3.05) is 0 Å². The first-order valence-corrected chi connectivity index (χ1v) is 19.7. The number of rotatable bonds is 8. The Morgan fingerprint density at radius 1 is 0.585 bits per heavy atom. The Balaban J connectivity index is 0.000000136. The summed E-state index contributed by atoms with van der Waals surface area (Å²) in [5.41, 5.74) is 8.76. The van der Waals surface area contributed by atoms with Crippen LogP contribution >= 0.6 is 11.5 Å². The van der Waals surface area contributed by atoms with Crippen LogP contribution in [-0.2, 0) is 32.7 Å². The Bertz CT molecular complexity index is 2110. The second-order valence-corrected chi connectivity index (χ2v) is 16.6. The van der Waals surface area contributed by atoms with Crippen LogP contribution in [0.2, 0.25) is 0 Å². The van der Waals surface area contributed by atoms with E-state index in [-0.39, 0.29) is 0 Å². The zero-order chi connectivity index (χ0) is 37.9. The SMILES string of the molecule is CC(C)Cc1ccc2[nH]ncc2c1.CC(C)Cc1ccc2c(cnn2C)c1.CC(C)Cc1ccc2oncc2c1.CC(C)Cc1ccc2sncc2c1. The number of benzene rings is 4. The predicted molar refractivity (Wildman–Crippen MR) is 225 cm³/mol. The van der Waals surface area contributed by atoms with Gasteiger partial charge in [0.25, 0.3) is 0 Å². The molecular formula is C45H56N6OS. The fraction of sp³-hybridized carbons (Fsp3) is 0.378. The van der Waals surface area contributed by atoms with Gasteiger partial charge in [-0.05, 0) is 132 Å². The van der Waals surface area contributed by atoms with Crippen LogP contribution in [0, 0.1) is 23.7 Å². The number of H-pyrrole nitrogens is 1. The maximum atomic E-state index is 5.03. The monoisotopic (exact) mass is 728 g/mol. The average Bonchev–Trinajstić information content (AvgIpc) is 3.92. The maximum absolute atomic E-state index is 5.03. The number of nitrogens with one attached hydrogen (secondary N) is 1. The minimum Gasteiger partial charge on any atom is -0.356 e. The van der Waals surface area contributed by atoms with Gasteiger partial charge >= 0.3 is 0 Å². The van der Waals surface area contributed by atoms with Gasteiger partial charge in [0.15, 0.2) is 5.58 Å².